The summed E-state index contributed by atoms with van der Waals surface area (Å²) < 4.78 is 0. The quantitative estimate of drug-likeness (QED) is 0.755. The Bertz CT molecular complexity index is 1090. The fourth-order valence-electron chi connectivity index (χ4n) is 5.28. The number of fused-ring (bicyclic) bond motifs is 7. The number of aromatic nitrogens is 1. The average Bonchev–Trinajstić information content (AvgIpc) is 3.20. The molecule has 0 saturated carbocycles. The summed E-state index contributed by atoms with van der Waals surface area (Å²) in [4.78, 5) is 47.4. The van der Waals surface area contributed by atoms with E-state index in [0.717, 1.165) is 22.2 Å². The maximum Gasteiger partial charge on any atom is 0.235 e. The third-order valence-electron chi connectivity index (χ3n) is 6.72. The van der Waals surface area contributed by atoms with Crippen LogP contribution in [0.25, 0.3) is 17.0 Å². The predicted octanol–water partition coefficient (Wildman–Crippen LogP) is 2.81. The van der Waals surface area contributed by atoms with Crippen molar-refractivity contribution < 1.29 is 14.4 Å². The van der Waals surface area contributed by atoms with Crippen molar-refractivity contribution in [2.45, 2.75) is 45.3 Å². The molecule has 2 aromatic rings. The molecule has 5 rings (SSSR count). The Balaban J connectivity index is 1.71. The number of hydrogen-bond acceptors (Lipinski definition) is 5. The maximum atomic E-state index is 13.3. The summed E-state index contributed by atoms with van der Waals surface area (Å²) in [5, 5.41) is 0.971. The molecule has 0 unspecified atom stereocenters. The average molecular weight is 389 g/mol. The van der Waals surface area contributed by atoms with Crippen LogP contribution in [0.4, 0.5) is 5.69 Å². The van der Waals surface area contributed by atoms with Crippen LogP contribution in [0.5, 0.6) is 0 Å². The highest BCUT2D eigenvalue weighted by atomic mass is 16.2. The van der Waals surface area contributed by atoms with Gasteiger partial charge in [-0.25, -0.2) is 0 Å². The normalized spacial score (nSPS) is 28.5. The summed E-state index contributed by atoms with van der Waals surface area (Å²) in [7, 11) is 0. The first-order valence-corrected chi connectivity index (χ1v) is 10.2. The zero-order chi connectivity index (χ0) is 20.4. The Labute approximate surface area is 169 Å². The van der Waals surface area contributed by atoms with Crippen molar-refractivity contribution in [1.82, 2.24) is 9.88 Å². The first-order valence-electron chi connectivity index (χ1n) is 10.2. The lowest BCUT2D eigenvalue weighted by molar-refractivity contribution is -0.143. The van der Waals surface area contributed by atoms with E-state index in [1.54, 1.807) is 6.20 Å². The van der Waals surface area contributed by atoms with Crippen molar-refractivity contribution >= 4 is 40.3 Å². The largest absolute Gasteiger partial charge is 0.351 e. The van der Waals surface area contributed by atoms with Gasteiger partial charge in [0, 0.05) is 17.6 Å². The predicted molar refractivity (Wildman–Crippen MR) is 110 cm³/mol. The first-order chi connectivity index (χ1) is 14.0. The molecule has 29 heavy (non-hydrogen) atoms. The number of rotatable bonds is 3. The highest BCUT2D eigenvalue weighted by Gasteiger charge is 2.64. The molecule has 5 atom stereocenters. The van der Waals surface area contributed by atoms with Crippen LogP contribution < -0.4 is 4.90 Å². The van der Waals surface area contributed by atoms with E-state index in [-0.39, 0.29) is 29.7 Å². The van der Waals surface area contributed by atoms with E-state index < -0.39 is 17.9 Å². The Hall–Kier alpha value is -3.02. The van der Waals surface area contributed by atoms with Gasteiger partial charge in [0.1, 0.15) is 6.04 Å². The molecule has 0 radical (unpaired) electrons. The minimum Gasteiger partial charge on any atom is -0.351 e. The van der Waals surface area contributed by atoms with E-state index in [9.17, 15) is 14.4 Å². The summed E-state index contributed by atoms with van der Waals surface area (Å²) >= 11 is 0. The van der Waals surface area contributed by atoms with Gasteiger partial charge < -0.3 is 4.90 Å². The van der Waals surface area contributed by atoms with Gasteiger partial charge in [-0.2, -0.15) is 0 Å². The van der Waals surface area contributed by atoms with Gasteiger partial charge in [0.25, 0.3) is 0 Å². The molecule has 0 aliphatic carbocycles. The van der Waals surface area contributed by atoms with Crippen LogP contribution in [0.15, 0.2) is 36.5 Å². The molecule has 6 nitrogen and oxygen atoms in total. The van der Waals surface area contributed by atoms with E-state index in [0.29, 0.717) is 6.42 Å². The minimum atomic E-state index is -0.660. The summed E-state index contributed by atoms with van der Waals surface area (Å²) in [6.07, 6.45) is 6.40. The molecule has 2 saturated heterocycles. The number of amides is 2. The molecule has 4 heterocycles. The van der Waals surface area contributed by atoms with Crippen molar-refractivity contribution in [2.75, 3.05) is 4.90 Å². The van der Waals surface area contributed by atoms with Crippen molar-refractivity contribution in [3.8, 4) is 0 Å². The van der Waals surface area contributed by atoms with E-state index in [1.165, 1.54) is 11.8 Å². The molecular formula is C23H23N3O3. The Morgan fingerprint density at radius 2 is 1.93 bits per heavy atom. The van der Waals surface area contributed by atoms with Crippen LogP contribution in [0.2, 0.25) is 0 Å². The SMILES string of the molecule is CC[C@@H](C)N1C(=O)[C@@H]2[C@H](C1=O)[C@@H]1C=Cc3ccc4cccnc4c3N1[C@@H]2C(C)=O. The Morgan fingerprint density at radius 3 is 2.66 bits per heavy atom. The summed E-state index contributed by atoms with van der Waals surface area (Å²) in [5.74, 6) is -1.65. The number of likely N-dealkylation sites (tertiary alicyclic amines) is 1. The smallest absolute Gasteiger partial charge is 0.235 e. The number of carbonyl (C=O) groups excluding carboxylic acids is 3. The van der Waals surface area contributed by atoms with Gasteiger partial charge in [0.05, 0.1) is 29.1 Å². The summed E-state index contributed by atoms with van der Waals surface area (Å²) in [5.41, 5.74) is 2.60. The van der Waals surface area contributed by atoms with E-state index in [4.69, 9.17) is 0 Å². The van der Waals surface area contributed by atoms with Crippen molar-refractivity contribution in [3.63, 3.8) is 0 Å². The zero-order valence-electron chi connectivity index (χ0n) is 16.7. The number of hydrogen-bond donors (Lipinski definition) is 0. The van der Waals surface area contributed by atoms with Gasteiger partial charge in [0.15, 0.2) is 5.78 Å². The van der Waals surface area contributed by atoms with Crippen LogP contribution in [-0.2, 0) is 14.4 Å². The monoisotopic (exact) mass is 389 g/mol. The lowest BCUT2D eigenvalue weighted by atomic mass is 9.88. The van der Waals surface area contributed by atoms with Gasteiger partial charge in [-0.1, -0.05) is 37.3 Å². The number of Topliss-reactive ketones (excluding diaryl/α,β-unsaturated/α-hetero) is 1. The fraction of sp³-hybridized carbons (Fsp3) is 0.391. The second kappa shape index (κ2) is 6.24. The molecular weight excluding hydrogens is 366 g/mol. The van der Waals surface area contributed by atoms with Gasteiger partial charge in [-0.3, -0.25) is 24.3 Å². The first kappa shape index (κ1) is 18.0. The van der Waals surface area contributed by atoms with E-state index >= 15 is 0 Å². The van der Waals surface area contributed by atoms with Crippen molar-refractivity contribution in [2.24, 2.45) is 11.8 Å². The van der Waals surface area contributed by atoms with Crippen molar-refractivity contribution in [1.29, 1.82) is 0 Å². The number of pyridine rings is 1. The molecule has 1 aromatic carbocycles. The molecule has 2 amide bonds. The number of imide groups is 1. The maximum absolute atomic E-state index is 13.3. The third-order valence-corrected chi connectivity index (χ3v) is 6.72. The molecule has 1 aromatic heterocycles. The molecule has 3 aliphatic rings. The molecule has 0 bridgehead atoms. The van der Waals surface area contributed by atoms with E-state index in [2.05, 4.69) is 4.98 Å². The summed E-state index contributed by atoms with van der Waals surface area (Å²) in [6, 6.07) is 6.73. The van der Waals surface area contributed by atoms with Crippen molar-refractivity contribution in [3.05, 3.63) is 42.1 Å². The molecule has 0 spiro atoms. The molecule has 2 fully saturated rings. The fourth-order valence-corrected chi connectivity index (χ4v) is 5.28. The number of anilines is 1. The van der Waals surface area contributed by atoms with Gasteiger partial charge in [-0.05, 0) is 31.9 Å². The molecule has 3 aliphatic heterocycles. The lowest BCUT2D eigenvalue weighted by Crippen LogP contribution is -2.49. The highest BCUT2D eigenvalue weighted by Crippen LogP contribution is 2.50. The van der Waals surface area contributed by atoms with E-state index in [1.807, 2.05) is 55.2 Å². The van der Waals surface area contributed by atoms with Crippen LogP contribution in [0, 0.1) is 11.8 Å². The number of benzene rings is 1. The topological polar surface area (TPSA) is 70.6 Å². The van der Waals surface area contributed by atoms with Gasteiger partial charge in [-0.15, -0.1) is 0 Å². The van der Waals surface area contributed by atoms with Crippen LogP contribution in [0.1, 0.15) is 32.8 Å². The lowest BCUT2D eigenvalue weighted by Gasteiger charge is -2.37. The number of ketones is 1. The number of carbonyl (C=O) groups is 3. The standard InChI is InChI=1S/C23H23N3O3/c1-4-12(2)25-22(28)17-16-10-9-15-8-7-14-6-5-11-24-19(14)21(15)26(16)20(13(3)27)18(17)23(25)29/h5-12,16-18,20H,4H2,1-3H3/t12-,16+,17-,18-,20-/m1/s1. The Morgan fingerprint density at radius 1 is 1.17 bits per heavy atom. The number of nitrogens with zero attached hydrogens (tertiary/aromatic N) is 3. The van der Waals surface area contributed by atoms with Crippen LogP contribution in [-0.4, -0.2) is 45.6 Å². The van der Waals surface area contributed by atoms with Gasteiger partial charge in [0.2, 0.25) is 11.8 Å². The minimum absolute atomic E-state index is 0.0937. The molecule has 0 N–H and O–H groups in total. The zero-order valence-corrected chi connectivity index (χ0v) is 16.7. The summed E-state index contributed by atoms with van der Waals surface area (Å²) in [6.45, 7) is 5.37. The van der Waals surface area contributed by atoms with Gasteiger partial charge >= 0.3 is 0 Å². The third kappa shape index (κ3) is 2.29. The second-order valence-corrected chi connectivity index (χ2v) is 8.25. The molecule has 6 heteroatoms. The van der Waals surface area contributed by atoms with Crippen LogP contribution >= 0.6 is 0 Å². The van der Waals surface area contributed by atoms with Crippen LogP contribution in [0.3, 0.4) is 0 Å². The molecule has 148 valence electrons. The highest BCUT2D eigenvalue weighted by molar-refractivity contribution is 6.12. The Kier molecular flexibility index (Phi) is 3.88. The second-order valence-electron chi connectivity index (χ2n) is 8.25.